The van der Waals surface area contributed by atoms with Crippen LogP contribution in [0.25, 0.3) is 0 Å². The summed E-state index contributed by atoms with van der Waals surface area (Å²) in [6.07, 6.45) is 0. The van der Waals surface area contributed by atoms with Gasteiger partial charge in [0, 0.05) is 0 Å². The molecule has 1 atom stereocenters. The van der Waals surface area contributed by atoms with Gasteiger partial charge in [0.15, 0.2) is 10.5 Å². The predicted octanol–water partition coefficient (Wildman–Crippen LogP) is -1.35. The van der Waals surface area contributed by atoms with E-state index in [2.05, 4.69) is 9.15 Å². The van der Waals surface area contributed by atoms with Crippen LogP contribution >= 0.6 is 0 Å². The molecule has 0 spiro atoms. The van der Waals surface area contributed by atoms with E-state index in [1.165, 1.54) is 0 Å². The molecule has 84 valence electrons. The van der Waals surface area contributed by atoms with Gasteiger partial charge < -0.3 is 24.0 Å². The average Bonchev–Trinajstić information content (AvgIpc) is 2.19. The summed E-state index contributed by atoms with van der Waals surface area (Å²) >= 11 is 0. The van der Waals surface area contributed by atoms with Crippen LogP contribution in [-0.2, 0) is 13.6 Å². The van der Waals surface area contributed by atoms with Crippen LogP contribution in [0.4, 0.5) is 0 Å². The lowest BCUT2D eigenvalue weighted by molar-refractivity contribution is -0.177. The second-order valence-corrected chi connectivity index (χ2v) is 4.54. The van der Waals surface area contributed by atoms with Gasteiger partial charge in [0.05, 0.1) is 6.73 Å². The minimum atomic E-state index is -3.80. The molecule has 0 fully saturated rings. The molecule has 1 aromatic carbocycles. The minimum Gasteiger partial charge on any atom is -0.479 e. The van der Waals surface area contributed by atoms with E-state index < -0.39 is 9.05 Å². The average molecular weight is 247 g/mol. The molecule has 0 radical (unpaired) electrons. The smallest absolute Gasteiger partial charge is 0.479 e. The Balaban J connectivity index is 2.66. The van der Waals surface area contributed by atoms with Crippen LogP contribution in [0.15, 0.2) is 30.3 Å². The van der Waals surface area contributed by atoms with Crippen molar-refractivity contribution in [2.45, 2.75) is 0 Å². The van der Waals surface area contributed by atoms with E-state index in [-0.39, 0.29) is 6.73 Å². The molecular formula is C7H13NO5Si2. The molecule has 0 saturated heterocycles. The third kappa shape index (κ3) is 4.09. The van der Waals surface area contributed by atoms with Crippen LogP contribution in [0.2, 0.25) is 0 Å². The second kappa shape index (κ2) is 5.97. The summed E-state index contributed by atoms with van der Waals surface area (Å²) < 4.78 is 19.0. The highest BCUT2D eigenvalue weighted by molar-refractivity contribution is 6.52. The highest BCUT2D eigenvalue weighted by Gasteiger charge is 2.45. The zero-order valence-electron chi connectivity index (χ0n) is 8.25. The van der Waals surface area contributed by atoms with Gasteiger partial charge in [0.2, 0.25) is 0 Å². The number of benzene rings is 1. The zero-order valence-corrected chi connectivity index (χ0v) is 11.3. The van der Waals surface area contributed by atoms with Gasteiger partial charge in [-0.1, -0.05) is 18.2 Å². The molecule has 1 unspecified atom stereocenters. The largest absolute Gasteiger partial charge is 0.775 e. The van der Waals surface area contributed by atoms with Crippen molar-refractivity contribution in [1.29, 1.82) is 0 Å². The number of nitrogens with two attached hydrogens (primary N) is 1. The van der Waals surface area contributed by atoms with Crippen LogP contribution in [0.5, 0.6) is 5.75 Å². The standard InChI is InChI=1S/C7H13NO5Si2/c8-6-10-15(9,13-12-14)11-7-4-2-1-3-5-7/h1-5,9H,6,8H2,14H3. The normalized spacial score (nSPS) is 14.8. The molecule has 6 nitrogen and oxygen atoms in total. The Morgan fingerprint density at radius 3 is 2.53 bits per heavy atom. The first kappa shape index (κ1) is 12.3. The summed E-state index contributed by atoms with van der Waals surface area (Å²) in [5, 5.41) is 0. The zero-order chi connectivity index (χ0) is 11.1. The maximum atomic E-state index is 9.75. The van der Waals surface area contributed by atoms with Crippen molar-refractivity contribution in [2.75, 3.05) is 6.73 Å². The lowest BCUT2D eigenvalue weighted by Crippen LogP contribution is -2.50. The summed E-state index contributed by atoms with van der Waals surface area (Å²) in [4.78, 5) is 9.75. The van der Waals surface area contributed by atoms with Gasteiger partial charge in [-0.2, -0.15) is 4.58 Å². The van der Waals surface area contributed by atoms with Crippen molar-refractivity contribution < 1.29 is 22.8 Å². The van der Waals surface area contributed by atoms with E-state index in [4.69, 9.17) is 14.6 Å². The van der Waals surface area contributed by atoms with E-state index in [0.717, 1.165) is 0 Å². The fourth-order valence-electron chi connectivity index (χ4n) is 0.919. The van der Waals surface area contributed by atoms with E-state index in [1.807, 2.05) is 6.07 Å². The first-order valence-corrected chi connectivity index (χ1v) is 6.71. The first-order chi connectivity index (χ1) is 7.20. The van der Waals surface area contributed by atoms with Crippen LogP contribution < -0.4 is 10.2 Å². The molecule has 0 heterocycles. The van der Waals surface area contributed by atoms with Gasteiger partial charge in [-0.3, -0.25) is 0 Å². The molecule has 8 heteroatoms. The Bertz CT molecular complexity index is 280. The van der Waals surface area contributed by atoms with Crippen LogP contribution in [0.1, 0.15) is 0 Å². The first-order valence-electron chi connectivity index (χ1n) is 4.22. The number of hydrogen-bond acceptors (Lipinski definition) is 6. The predicted molar refractivity (Wildman–Crippen MR) is 57.3 cm³/mol. The number of rotatable bonds is 6. The van der Waals surface area contributed by atoms with Crippen molar-refractivity contribution in [3.05, 3.63) is 30.3 Å². The van der Waals surface area contributed by atoms with Crippen LogP contribution in [0, 0.1) is 0 Å². The maximum Gasteiger partial charge on any atom is 0.775 e. The highest BCUT2D eigenvalue weighted by atomic mass is 28.4. The van der Waals surface area contributed by atoms with Gasteiger partial charge in [0.1, 0.15) is 5.75 Å². The van der Waals surface area contributed by atoms with Crippen LogP contribution in [-0.4, -0.2) is 31.1 Å². The highest BCUT2D eigenvalue weighted by Crippen LogP contribution is 2.14. The van der Waals surface area contributed by atoms with Gasteiger partial charge >= 0.3 is 9.05 Å². The summed E-state index contributed by atoms with van der Waals surface area (Å²) in [5.74, 6) is 0.429. The third-order valence-corrected chi connectivity index (χ3v) is 3.35. The quantitative estimate of drug-likeness (QED) is 0.280. The van der Waals surface area contributed by atoms with Crippen molar-refractivity contribution in [2.24, 2.45) is 5.73 Å². The molecule has 0 aliphatic rings. The molecule has 0 aromatic heterocycles. The molecule has 0 aliphatic heterocycles. The maximum absolute atomic E-state index is 9.75. The summed E-state index contributed by atoms with van der Waals surface area (Å²) in [6, 6.07) is 8.66. The monoisotopic (exact) mass is 247 g/mol. The lowest BCUT2D eigenvalue weighted by atomic mass is 10.3. The van der Waals surface area contributed by atoms with Gasteiger partial charge in [-0.25, -0.2) is 0 Å². The van der Waals surface area contributed by atoms with Crippen molar-refractivity contribution >= 4 is 19.5 Å². The fraction of sp³-hybridized carbons (Fsp3) is 0.143. The van der Waals surface area contributed by atoms with Crippen molar-refractivity contribution in [3.63, 3.8) is 0 Å². The second-order valence-electron chi connectivity index (χ2n) is 2.50. The molecule has 1 aromatic rings. The molecule has 0 bridgehead atoms. The van der Waals surface area contributed by atoms with Crippen LogP contribution in [0.3, 0.4) is 0 Å². The Hall–Kier alpha value is -0.746. The lowest BCUT2D eigenvalue weighted by Gasteiger charge is -2.20. The molecule has 0 aliphatic carbocycles. The summed E-state index contributed by atoms with van der Waals surface area (Å²) in [6.45, 7) is -0.208. The molecule has 0 amide bonds. The SMILES string of the molecule is NCO[Si](O)(OO[SiH3])Oc1ccccc1. The third-order valence-electron chi connectivity index (χ3n) is 1.44. The van der Waals surface area contributed by atoms with Crippen molar-refractivity contribution in [1.82, 2.24) is 0 Å². The van der Waals surface area contributed by atoms with E-state index >= 15 is 0 Å². The van der Waals surface area contributed by atoms with Gasteiger partial charge in [-0.05, 0) is 12.1 Å². The molecule has 1 rings (SSSR count). The number of para-hydroxylation sites is 1. The summed E-state index contributed by atoms with van der Waals surface area (Å²) in [7, 11) is -3.51. The summed E-state index contributed by atoms with van der Waals surface area (Å²) in [5.41, 5.74) is 5.15. The van der Waals surface area contributed by atoms with Gasteiger partial charge in [-0.15, -0.1) is 0 Å². The van der Waals surface area contributed by atoms with Gasteiger partial charge in [0.25, 0.3) is 0 Å². The fourth-order valence-corrected chi connectivity index (χ4v) is 2.55. The number of hydrogen-bond donors (Lipinski definition) is 2. The molecular weight excluding hydrogens is 234 g/mol. The molecule has 0 saturated carbocycles. The van der Waals surface area contributed by atoms with Crippen molar-refractivity contribution in [3.8, 4) is 5.75 Å². The topological polar surface area (TPSA) is 83.2 Å². The Morgan fingerprint density at radius 1 is 1.33 bits per heavy atom. The minimum absolute atomic E-state index is 0.208. The molecule has 3 N–H and O–H groups in total. The van der Waals surface area contributed by atoms with E-state index in [9.17, 15) is 4.80 Å². The Morgan fingerprint density at radius 2 is 2.00 bits per heavy atom. The van der Waals surface area contributed by atoms with E-state index in [0.29, 0.717) is 16.2 Å². The Labute approximate surface area is 91.5 Å². The molecule has 15 heavy (non-hydrogen) atoms. The van der Waals surface area contributed by atoms with E-state index in [1.54, 1.807) is 24.3 Å². The Kier molecular flexibility index (Phi) is 4.91.